The van der Waals surface area contributed by atoms with Crippen LogP contribution in [0.1, 0.15) is 49.7 Å². The first-order valence-electron chi connectivity index (χ1n) is 12.9. The molecule has 2 aromatic carbocycles. The van der Waals surface area contributed by atoms with E-state index >= 15 is 0 Å². The quantitative estimate of drug-likeness (QED) is 0.419. The molecular weight excluding hydrogens is 456 g/mol. The van der Waals surface area contributed by atoms with E-state index in [1.54, 1.807) is 11.0 Å². The maximum Gasteiger partial charge on any atom is 0.247 e. The molecule has 2 aromatic rings. The highest BCUT2D eigenvalue weighted by Gasteiger charge is 2.50. The first kappa shape index (κ1) is 25.9. The van der Waals surface area contributed by atoms with Crippen molar-refractivity contribution in [2.45, 2.75) is 63.2 Å². The summed E-state index contributed by atoms with van der Waals surface area (Å²) >= 11 is 0. The number of para-hydroxylation sites is 1. The molecule has 0 spiro atoms. The van der Waals surface area contributed by atoms with Gasteiger partial charge in [-0.2, -0.15) is 0 Å². The maximum atomic E-state index is 13.6. The van der Waals surface area contributed by atoms with Gasteiger partial charge in [-0.25, -0.2) is 0 Å². The number of carbonyl (C=O) groups is 2. The number of carbonyl (C=O) groups excluding carboxylic acids is 2. The molecule has 0 bridgehead atoms. The number of hydrogen-bond acceptors (Lipinski definition) is 5. The first-order chi connectivity index (χ1) is 17.5. The van der Waals surface area contributed by atoms with Gasteiger partial charge >= 0.3 is 0 Å². The van der Waals surface area contributed by atoms with E-state index < -0.39 is 24.2 Å². The smallest absolute Gasteiger partial charge is 0.247 e. The van der Waals surface area contributed by atoms with Crippen LogP contribution in [0.15, 0.2) is 66.2 Å². The van der Waals surface area contributed by atoms with Gasteiger partial charge in [-0.1, -0.05) is 74.7 Å². The second kappa shape index (κ2) is 12.2. The van der Waals surface area contributed by atoms with Gasteiger partial charge in [0.15, 0.2) is 0 Å². The fourth-order valence-corrected chi connectivity index (χ4v) is 5.21. The van der Waals surface area contributed by atoms with Crippen LogP contribution in [0.25, 0.3) is 0 Å². The summed E-state index contributed by atoms with van der Waals surface area (Å²) in [4.78, 5) is 28.5. The molecule has 36 heavy (non-hydrogen) atoms. The molecule has 4 rings (SSSR count). The minimum Gasteiger partial charge on any atom is -0.486 e. The van der Waals surface area contributed by atoms with Crippen molar-refractivity contribution >= 4 is 11.8 Å². The fourth-order valence-electron chi connectivity index (χ4n) is 5.21. The molecule has 0 radical (unpaired) electrons. The minimum atomic E-state index is -0.998. The number of nitrogens with one attached hydrogen (secondary N) is 1. The Hall–Kier alpha value is -3.16. The lowest BCUT2D eigenvalue weighted by Crippen LogP contribution is -2.56. The van der Waals surface area contributed by atoms with Gasteiger partial charge in [0.1, 0.15) is 18.0 Å². The van der Waals surface area contributed by atoms with Crippen LogP contribution in [-0.2, 0) is 16.0 Å². The van der Waals surface area contributed by atoms with Gasteiger partial charge in [-0.05, 0) is 24.1 Å². The normalized spacial score (nSPS) is 22.1. The van der Waals surface area contributed by atoms with Crippen molar-refractivity contribution in [2.24, 2.45) is 0 Å². The lowest BCUT2D eigenvalue weighted by atomic mass is 9.77. The first-order valence-corrected chi connectivity index (χ1v) is 12.9. The summed E-state index contributed by atoms with van der Waals surface area (Å²) in [5, 5.41) is 23.5. The molecule has 1 aliphatic heterocycles. The summed E-state index contributed by atoms with van der Waals surface area (Å²) in [6, 6.07) is 16.3. The molecule has 0 fully saturated rings. The van der Waals surface area contributed by atoms with Crippen LogP contribution in [-0.4, -0.2) is 64.9 Å². The number of benzene rings is 2. The van der Waals surface area contributed by atoms with Crippen molar-refractivity contribution in [2.75, 3.05) is 19.7 Å². The van der Waals surface area contributed by atoms with E-state index in [1.807, 2.05) is 54.6 Å². The van der Waals surface area contributed by atoms with Crippen molar-refractivity contribution < 1.29 is 24.5 Å². The van der Waals surface area contributed by atoms with Crippen molar-refractivity contribution in [1.29, 1.82) is 0 Å². The Balaban J connectivity index is 1.68. The molecular formula is C29H36N2O5. The molecule has 0 aromatic heterocycles. The van der Waals surface area contributed by atoms with Crippen molar-refractivity contribution in [1.82, 2.24) is 10.2 Å². The van der Waals surface area contributed by atoms with Gasteiger partial charge in [0, 0.05) is 24.2 Å². The average Bonchev–Trinajstić information content (AvgIpc) is 3.29. The van der Waals surface area contributed by atoms with Crippen LogP contribution in [0.2, 0.25) is 0 Å². The van der Waals surface area contributed by atoms with Crippen molar-refractivity contribution in [3.05, 3.63) is 77.4 Å². The SMILES string of the molecule is CCCCCCN(C(=O)Cc1ccccc1)[C@@H]1C=C(C(=O)NCCO)[C@@H]2c3ccccc3O[C@@H]2[C@H]1O. The Labute approximate surface area is 212 Å². The summed E-state index contributed by atoms with van der Waals surface area (Å²) in [6.07, 6.45) is 4.22. The fraction of sp³-hybridized carbons (Fsp3) is 0.448. The predicted octanol–water partition coefficient (Wildman–Crippen LogP) is 2.96. The molecule has 2 amide bonds. The zero-order chi connectivity index (χ0) is 25.5. The van der Waals surface area contributed by atoms with Gasteiger partial charge in [0.2, 0.25) is 11.8 Å². The standard InChI is InChI=1S/C29H36N2O5/c1-2-3-4-10-16-31(25(33)18-20-11-6-5-7-12-20)23-19-22(29(35)30-15-17-32)26-21-13-8-9-14-24(21)36-28(26)27(23)34/h5-9,11-14,19,23,26-28,32,34H,2-4,10,15-18H2,1H3,(H,30,35)/t23-,26+,27+,28+/m1/s1. The molecule has 7 heteroatoms. The third-order valence-electron chi connectivity index (χ3n) is 7.01. The number of amides is 2. The number of fused-ring (bicyclic) bond motifs is 3. The molecule has 1 heterocycles. The van der Waals surface area contributed by atoms with E-state index in [2.05, 4.69) is 12.2 Å². The minimum absolute atomic E-state index is 0.0953. The summed E-state index contributed by atoms with van der Waals surface area (Å²) in [5.41, 5.74) is 2.20. The number of aliphatic hydroxyl groups is 2. The third-order valence-corrected chi connectivity index (χ3v) is 7.01. The Morgan fingerprint density at radius 3 is 2.53 bits per heavy atom. The molecule has 2 aliphatic rings. The number of nitrogens with zero attached hydrogens (tertiary/aromatic N) is 1. The molecule has 0 saturated carbocycles. The van der Waals surface area contributed by atoms with E-state index in [0.717, 1.165) is 36.8 Å². The van der Waals surface area contributed by atoms with Crippen LogP contribution >= 0.6 is 0 Å². The Bertz CT molecular complexity index is 1070. The van der Waals surface area contributed by atoms with Gasteiger partial charge in [-0.3, -0.25) is 9.59 Å². The molecule has 192 valence electrons. The van der Waals surface area contributed by atoms with E-state index in [-0.39, 0.29) is 31.4 Å². The van der Waals surface area contributed by atoms with Crippen LogP contribution in [0.4, 0.5) is 0 Å². The van der Waals surface area contributed by atoms with Crippen LogP contribution < -0.4 is 10.1 Å². The highest BCUT2D eigenvalue weighted by molar-refractivity contribution is 5.96. The molecule has 7 nitrogen and oxygen atoms in total. The summed E-state index contributed by atoms with van der Waals surface area (Å²) in [5.74, 6) is -0.227. The van der Waals surface area contributed by atoms with Gasteiger partial charge in [-0.15, -0.1) is 0 Å². The number of ether oxygens (including phenoxy) is 1. The van der Waals surface area contributed by atoms with Crippen molar-refractivity contribution in [3.8, 4) is 5.75 Å². The Kier molecular flexibility index (Phi) is 8.78. The predicted molar refractivity (Wildman–Crippen MR) is 138 cm³/mol. The topological polar surface area (TPSA) is 99.1 Å². The highest BCUT2D eigenvalue weighted by Crippen LogP contribution is 2.47. The van der Waals surface area contributed by atoms with Gasteiger partial charge < -0.3 is 25.2 Å². The summed E-state index contributed by atoms with van der Waals surface area (Å²) < 4.78 is 6.17. The lowest BCUT2D eigenvalue weighted by Gasteiger charge is -2.41. The van der Waals surface area contributed by atoms with Crippen LogP contribution in [0, 0.1) is 0 Å². The zero-order valence-corrected chi connectivity index (χ0v) is 20.8. The third kappa shape index (κ3) is 5.63. The van der Waals surface area contributed by atoms with E-state index in [1.165, 1.54) is 0 Å². The van der Waals surface area contributed by atoms with E-state index in [0.29, 0.717) is 17.9 Å². The zero-order valence-electron chi connectivity index (χ0n) is 20.8. The summed E-state index contributed by atoms with van der Waals surface area (Å²) in [7, 11) is 0. The van der Waals surface area contributed by atoms with Crippen molar-refractivity contribution in [3.63, 3.8) is 0 Å². The lowest BCUT2D eigenvalue weighted by molar-refractivity contribution is -0.136. The van der Waals surface area contributed by atoms with E-state index in [9.17, 15) is 19.8 Å². The summed E-state index contributed by atoms with van der Waals surface area (Å²) in [6.45, 7) is 2.57. The van der Waals surface area contributed by atoms with Gasteiger partial charge in [0.05, 0.1) is 25.0 Å². The largest absolute Gasteiger partial charge is 0.486 e. The monoisotopic (exact) mass is 492 g/mol. The van der Waals surface area contributed by atoms with Gasteiger partial charge in [0.25, 0.3) is 0 Å². The second-order valence-electron chi connectivity index (χ2n) is 9.49. The number of hydrogen-bond donors (Lipinski definition) is 3. The molecule has 4 atom stereocenters. The number of rotatable bonds is 11. The average molecular weight is 493 g/mol. The van der Waals surface area contributed by atoms with Crippen LogP contribution in [0.3, 0.4) is 0 Å². The maximum absolute atomic E-state index is 13.6. The number of unbranched alkanes of at least 4 members (excludes halogenated alkanes) is 3. The number of aliphatic hydroxyl groups excluding tert-OH is 2. The van der Waals surface area contributed by atoms with E-state index in [4.69, 9.17) is 4.74 Å². The molecule has 3 N–H and O–H groups in total. The second-order valence-corrected chi connectivity index (χ2v) is 9.49. The Morgan fingerprint density at radius 2 is 1.78 bits per heavy atom. The Morgan fingerprint density at radius 1 is 1.03 bits per heavy atom. The molecule has 0 saturated heterocycles. The van der Waals surface area contributed by atoms with Crippen LogP contribution in [0.5, 0.6) is 5.75 Å². The highest BCUT2D eigenvalue weighted by atomic mass is 16.5. The molecule has 1 aliphatic carbocycles. The molecule has 0 unspecified atom stereocenters.